The lowest BCUT2D eigenvalue weighted by molar-refractivity contribution is -0.125. The summed E-state index contributed by atoms with van der Waals surface area (Å²) in [5, 5.41) is 4.40. The summed E-state index contributed by atoms with van der Waals surface area (Å²) in [5.74, 6) is -0.359. The van der Waals surface area contributed by atoms with Crippen LogP contribution in [0.3, 0.4) is 0 Å². The summed E-state index contributed by atoms with van der Waals surface area (Å²) in [6.45, 7) is 3.23. The number of urea groups is 2. The second-order valence-corrected chi connectivity index (χ2v) is 3.01. The Bertz CT molecular complexity index is 261. The Hall–Kier alpha value is -1.79. The number of amides is 4. The van der Waals surface area contributed by atoms with E-state index in [4.69, 9.17) is 11.5 Å². The van der Waals surface area contributed by atoms with Gasteiger partial charge in [-0.3, -0.25) is 4.79 Å². The molecule has 86 valence electrons. The molecular formula is C8H16N4O3. The van der Waals surface area contributed by atoms with Crippen molar-refractivity contribution in [1.82, 2.24) is 10.6 Å². The predicted molar refractivity (Wildman–Crippen MR) is 53.8 cm³/mol. The van der Waals surface area contributed by atoms with E-state index in [9.17, 15) is 14.4 Å². The zero-order chi connectivity index (χ0) is 12.1. The van der Waals surface area contributed by atoms with Crippen LogP contribution in [0.25, 0.3) is 0 Å². The van der Waals surface area contributed by atoms with Gasteiger partial charge in [0.05, 0.1) is 0 Å². The van der Waals surface area contributed by atoms with Gasteiger partial charge in [0.2, 0.25) is 0 Å². The van der Waals surface area contributed by atoms with Crippen LogP contribution in [-0.4, -0.2) is 23.5 Å². The van der Waals surface area contributed by atoms with Crippen LogP contribution in [0, 0.1) is 0 Å². The third-order valence-electron chi connectivity index (χ3n) is 2.00. The third-order valence-corrected chi connectivity index (χ3v) is 2.00. The van der Waals surface area contributed by atoms with Crippen molar-refractivity contribution in [2.75, 3.05) is 0 Å². The van der Waals surface area contributed by atoms with Crippen LogP contribution in [-0.2, 0) is 4.79 Å². The van der Waals surface area contributed by atoms with Gasteiger partial charge in [0, 0.05) is 6.42 Å². The average molecular weight is 216 g/mol. The van der Waals surface area contributed by atoms with Crippen LogP contribution in [0.4, 0.5) is 9.59 Å². The first-order valence-corrected chi connectivity index (χ1v) is 4.56. The zero-order valence-corrected chi connectivity index (χ0v) is 8.79. The number of Topliss-reactive ketones (excluding diaryl/α,β-unsaturated/α-hetero) is 1. The molecule has 0 atom stereocenters. The van der Waals surface area contributed by atoms with Crippen molar-refractivity contribution >= 4 is 17.8 Å². The molecule has 0 saturated heterocycles. The number of carbonyl (C=O) groups is 3. The maximum Gasteiger partial charge on any atom is 0.314 e. The SMILES string of the molecule is CCC(=O)C(CC)(NC(N)=O)NC(N)=O. The summed E-state index contributed by atoms with van der Waals surface area (Å²) in [6.07, 6.45) is 0.319. The van der Waals surface area contributed by atoms with Gasteiger partial charge in [-0.1, -0.05) is 13.8 Å². The molecule has 15 heavy (non-hydrogen) atoms. The second-order valence-electron chi connectivity index (χ2n) is 3.01. The molecule has 0 aliphatic heterocycles. The van der Waals surface area contributed by atoms with Crippen LogP contribution in [0.1, 0.15) is 26.7 Å². The number of nitrogens with one attached hydrogen (secondary N) is 2. The standard InChI is InChI=1S/C8H16N4O3/c1-3-5(13)8(4-2,11-6(9)14)12-7(10)15/h3-4H2,1-2H3,(H3,9,11,14)(H3,10,12,15). The van der Waals surface area contributed by atoms with Crippen molar-refractivity contribution in [2.24, 2.45) is 11.5 Å². The molecule has 0 bridgehead atoms. The smallest absolute Gasteiger partial charge is 0.314 e. The number of primary amides is 2. The molecule has 0 unspecified atom stereocenters. The Balaban J connectivity index is 4.99. The van der Waals surface area contributed by atoms with E-state index in [0.717, 1.165) is 0 Å². The highest BCUT2D eigenvalue weighted by atomic mass is 16.2. The lowest BCUT2D eigenvalue weighted by Crippen LogP contribution is -2.66. The van der Waals surface area contributed by atoms with Gasteiger partial charge in [0.1, 0.15) is 0 Å². The molecule has 0 aromatic carbocycles. The second kappa shape index (κ2) is 5.18. The van der Waals surface area contributed by atoms with E-state index in [0.29, 0.717) is 0 Å². The monoisotopic (exact) mass is 216 g/mol. The Morgan fingerprint density at radius 3 is 1.67 bits per heavy atom. The first-order valence-electron chi connectivity index (χ1n) is 4.56. The van der Waals surface area contributed by atoms with Crippen molar-refractivity contribution in [3.63, 3.8) is 0 Å². The van der Waals surface area contributed by atoms with Crippen molar-refractivity contribution in [1.29, 1.82) is 0 Å². The summed E-state index contributed by atoms with van der Waals surface area (Å²) in [7, 11) is 0. The van der Waals surface area contributed by atoms with Crippen LogP contribution < -0.4 is 22.1 Å². The highest BCUT2D eigenvalue weighted by molar-refractivity contribution is 5.94. The molecule has 7 heteroatoms. The lowest BCUT2D eigenvalue weighted by atomic mass is 9.99. The van der Waals surface area contributed by atoms with E-state index in [1.807, 2.05) is 0 Å². The molecule has 7 nitrogen and oxygen atoms in total. The maximum absolute atomic E-state index is 11.6. The van der Waals surface area contributed by atoms with E-state index >= 15 is 0 Å². The van der Waals surface area contributed by atoms with Gasteiger partial charge in [-0.05, 0) is 6.42 Å². The van der Waals surface area contributed by atoms with Crippen LogP contribution in [0.15, 0.2) is 0 Å². The fourth-order valence-electron chi connectivity index (χ4n) is 1.27. The first-order chi connectivity index (χ1) is 6.88. The Morgan fingerprint density at radius 2 is 1.47 bits per heavy atom. The molecule has 6 N–H and O–H groups in total. The molecule has 0 rings (SSSR count). The van der Waals surface area contributed by atoms with Crippen LogP contribution >= 0.6 is 0 Å². The van der Waals surface area contributed by atoms with Crippen molar-refractivity contribution in [2.45, 2.75) is 32.4 Å². The summed E-state index contributed by atoms with van der Waals surface area (Å²) in [6, 6.07) is -1.79. The minimum Gasteiger partial charge on any atom is -0.352 e. The number of rotatable bonds is 5. The Labute approximate surface area is 87.6 Å². The predicted octanol–water partition coefficient (Wildman–Crippen LogP) is -0.592. The maximum atomic E-state index is 11.6. The minimum atomic E-state index is -1.49. The Kier molecular flexibility index (Phi) is 4.56. The zero-order valence-electron chi connectivity index (χ0n) is 8.79. The third kappa shape index (κ3) is 3.45. The topological polar surface area (TPSA) is 127 Å². The largest absolute Gasteiger partial charge is 0.352 e. The van der Waals surface area contributed by atoms with Crippen molar-refractivity contribution in [3.05, 3.63) is 0 Å². The summed E-state index contributed by atoms with van der Waals surface area (Å²) in [5.41, 5.74) is 8.36. The highest BCUT2D eigenvalue weighted by Gasteiger charge is 2.37. The molecule has 0 spiro atoms. The molecule has 0 aromatic rings. The van der Waals surface area contributed by atoms with Gasteiger partial charge in [0.25, 0.3) is 0 Å². The highest BCUT2D eigenvalue weighted by Crippen LogP contribution is 2.09. The molecule has 0 heterocycles. The molecule has 0 radical (unpaired) electrons. The van der Waals surface area contributed by atoms with Gasteiger partial charge >= 0.3 is 12.1 Å². The van der Waals surface area contributed by atoms with Crippen molar-refractivity contribution < 1.29 is 14.4 Å². The summed E-state index contributed by atoms with van der Waals surface area (Å²) >= 11 is 0. The van der Waals surface area contributed by atoms with Crippen molar-refractivity contribution in [3.8, 4) is 0 Å². The molecule has 4 amide bonds. The van der Waals surface area contributed by atoms with Gasteiger partial charge in [0.15, 0.2) is 11.4 Å². The molecular weight excluding hydrogens is 200 g/mol. The van der Waals surface area contributed by atoms with E-state index in [-0.39, 0.29) is 18.6 Å². The van der Waals surface area contributed by atoms with Crippen LogP contribution in [0.5, 0.6) is 0 Å². The van der Waals surface area contributed by atoms with Gasteiger partial charge in [-0.25, -0.2) is 9.59 Å². The number of nitrogens with two attached hydrogens (primary N) is 2. The number of hydrogen-bond acceptors (Lipinski definition) is 3. The van der Waals surface area contributed by atoms with Crippen LogP contribution in [0.2, 0.25) is 0 Å². The Morgan fingerprint density at radius 1 is 1.07 bits per heavy atom. The van der Waals surface area contributed by atoms with E-state index < -0.39 is 17.7 Å². The number of carbonyl (C=O) groups excluding carboxylic acids is 3. The van der Waals surface area contributed by atoms with E-state index in [1.54, 1.807) is 13.8 Å². The summed E-state index contributed by atoms with van der Waals surface area (Å²) in [4.78, 5) is 33.1. The first kappa shape index (κ1) is 13.2. The fraction of sp³-hybridized carbons (Fsp3) is 0.625. The molecule has 0 saturated carbocycles. The molecule has 0 aliphatic carbocycles. The fourth-order valence-corrected chi connectivity index (χ4v) is 1.27. The minimum absolute atomic E-state index is 0.147. The van der Waals surface area contributed by atoms with Gasteiger partial charge < -0.3 is 22.1 Å². The lowest BCUT2D eigenvalue weighted by Gasteiger charge is -2.31. The normalized spacial score (nSPS) is 10.5. The number of hydrogen-bond donors (Lipinski definition) is 4. The van der Waals surface area contributed by atoms with E-state index in [1.165, 1.54) is 0 Å². The molecule has 0 aromatic heterocycles. The van der Waals surface area contributed by atoms with Gasteiger partial charge in [-0.2, -0.15) is 0 Å². The van der Waals surface area contributed by atoms with Gasteiger partial charge in [-0.15, -0.1) is 0 Å². The average Bonchev–Trinajstić information content (AvgIpc) is 2.13. The summed E-state index contributed by atoms with van der Waals surface area (Å²) < 4.78 is 0. The number of ketones is 1. The molecule has 0 aliphatic rings. The quantitative estimate of drug-likeness (QED) is 0.458. The van der Waals surface area contributed by atoms with E-state index in [2.05, 4.69) is 10.6 Å². The molecule has 0 fully saturated rings.